The van der Waals surface area contributed by atoms with Gasteiger partial charge in [-0.2, -0.15) is 0 Å². The number of hydrogen-bond donors (Lipinski definition) is 0. The van der Waals surface area contributed by atoms with E-state index >= 15 is 0 Å². The van der Waals surface area contributed by atoms with E-state index < -0.39 is 6.10 Å². The standard InChI is InChI=1S/C77H132O6/c1-4-7-10-13-16-19-22-25-28-31-33-35-37-38-40-41-43-46-49-52-55-58-61-64-67-70-76(79)82-73-74(72-81-75(78)69-66-63-60-57-54-51-48-45-30-27-24-21-18-15-12-9-6-3)83-77(80)71-68-65-62-59-56-53-50-47-44-42-39-36-34-32-29-26-23-20-17-14-11-8-5-2/h9,12,18,21-23,25-27,30-34,37-38,48,51,74H,4-8,10-11,13-17,19-20,24,28-29,35-36,39-47,49-50,52-73H2,1-3H3/b12-9-,21-18-,25-22-,26-23-,30-27-,33-31-,34-32-,38-37-,51-48-. The van der Waals surface area contributed by atoms with Crippen LogP contribution in [0.25, 0.3) is 0 Å². The van der Waals surface area contributed by atoms with Crippen LogP contribution < -0.4 is 0 Å². The smallest absolute Gasteiger partial charge is 0.306 e. The first-order valence-electron chi connectivity index (χ1n) is 35.4. The van der Waals surface area contributed by atoms with Crippen molar-refractivity contribution < 1.29 is 28.6 Å². The van der Waals surface area contributed by atoms with E-state index in [4.69, 9.17) is 14.2 Å². The second-order valence-corrected chi connectivity index (χ2v) is 23.4. The molecule has 476 valence electrons. The maximum Gasteiger partial charge on any atom is 0.306 e. The number of carbonyl (C=O) groups is 3. The highest BCUT2D eigenvalue weighted by atomic mass is 16.6. The van der Waals surface area contributed by atoms with Crippen LogP contribution in [0.2, 0.25) is 0 Å². The molecule has 0 heterocycles. The monoisotopic (exact) mass is 1150 g/mol. The molecule has 0 saturated carbocycles. The molecule has 0 aromatic carbocycles. The summed E-state index contributed by atoms with van der Waals surface area (Å²) < 4.78 is 17.0. The van der Waals surface area contributed by atoms with E-state index in [0.29, 0.717) is 19.3 Å². The van der Waals surface area contributed by atoms with Crippen LogP contribution in [0.4, 0.5) is 0 Å². The third-order valence-corrected chi connectivity index (χ3v) is 15.2. The molecule has 1 unspecified atom stereocenters. The predicted octanol–water partition coefficient (Wildman–Crippen LogP) is 24.6. The molecule has 0 aliphatic carbocycles. The zero-order valence-electron chi connectivity index (χ0n) is 54.7. The molecule has 0 rings (SSSR count). The Hall–Kier alpha value is -3.93. The van der Waals surface area contributed by atoms with Crippen LogP contribution in [-0.4, -0.2) is 37.2 Å². The Morgan fingerprint density at radius 1 is 0.253 bits per heavy atom. The fourth-order valence-electron chi connectivity index (χ4n) is 9.94. The predicted molar refractivity (Wildman–Crippen MR) is 362 cm³/mol. The van der Waals surface area contributed by atoms with Gasteiger partial charge in [-0.3, -0.25) is 14.4 Å². The fourth-order valence-corrected chi connectivity index (χ4v) is 9.94. The van der Waals surface area contributed by atoms with Gasteiger partial charge in [0.15, 0.2) is 6.10 Å². The van der Waals surface area contributed by atoms with Gasteiger partial charge in [-0.05, 0) is 128 Å². The molecule has 83 heavy (non-hydrogen) atoms. The van der Waals surface area contributed by atoms with E-state index in [9.17, 15) is 14.4 Å². The van der Waals surface area contributed by atoms with Crippen molar-refractivity contribution in [3.05, 3.63) is 109 Å². The lowest BCUT2D eigenvalue weighted by Crippen LogP contribution is -2.30. The zero-order valence-corrected chi connectivity index (χ0v) is 54.7. The summed E-state index contributed by atoms with van der Waals surface area (Å²) in [4.78, 5) is 38.5. The van der Waals surface area contributed by atoms with Crippen molar-refractivity contribution in [3.63, 3.8) is 0 Å². The molecular weight excluding hydrogens is 1020 g/mol. The second kappa shape index (κ2) is 70.6. The topological polar surface area (TPSA) is 78.9 Å². The lowest BCUT2D eigenvalue weighted by atomic mass is 10.0. The van der Waals surface area contributed by atoms with Gasteiger partial charge in [0.2, 0.25) is 0 Å². The summed E-state index contributed by atoms with van der Waals surface area (Å²) in [6.07, 6.45) is 96.8. The molecule has 0 spiro atoms. The summed E-state index contributed by atoms with van der Waals surface area (Å²) in [5.74, 6) is -0.906. The summed E-state index contributed by atoms with van der Waals surface area (Å²) in [7, 11) is 0. The van der Waals surface area contributed by atoms with Gasteiger partial charge in [0.25, 0.3) is 0 Å². The largest absolute Gasteiger partial charge is 0.462 e. The van der Waals surface area contributed by atoms with Crippen LogP contribution in [0, 0.1) is 0 Å². The molecule has 0 aliphatic heterocycles. The highest BCUT2D eigenvalue weighted by Gasteiger charge is 2.19. The van der Waals surface area contributed by atoms with Gasteiger partial charge in [-0.15, -0.1) is 0 Å². The first kappa shape index (κ1) is 79.1. The minimum Gasteiger partial charge on any atom is -0.462 e. The zero-order chi connectivity index (χ0) is 59.9. The Morgan fingerprint density at radius 2 is 0.470 bits per heavy atom. The van der Waals surface area contributed by atoms with Crippen LogP contribution in [0.3, 0.4) is 0 Å². The first-order chi connectivity index (χ1) is 41.0. The van der Waals surface area contributed by atoms with Gasteiger partial charge in [0.05, 0.1) is 0 Å². The van der Waals surface area contributed by atoms with E-state index in [-0.39, 0.29) is 31.1 Å². The summed E-state index contributed by atoms with van der Waals surface area (Å²) in [6, 6.07) is 0. The second-order valence-electron chi connectivity index (χ2n) is 23.4. The maximum atomic E-state index is 13.0. The number of rotatable bonds is 64. The average molecular weight is 1150 g/mol. The van der Waals surface area contributed by atoms with E-state index in [1.807, 2.05) is 0 Å². The lowest BCUT2D eigenvalue weighted by molar-refractivity contribution is -0.167. The minimum absolute atomic E-state index is 0.0888. The number of unbranched alkanes of at least 4 members (excludes halogenated alkanes) is 35. The summed E-state index contributed by atoms with van der Waals surface area (Å²) in [5, 5.41) is 0. The van der Waals surface area contributed by atoms with Crippen LogP contribution in [0.1, 0.15) is 342 Å². The van der Waals surface area contributed by atoms with Crippen molar-refractivity contribution in [3.8, 4) is 0 Å². The van der Waals surface area contributed by atoms with E-state index in [2.05, 4.69) is 130 Å². The van der Waals surface area contributed by atoms with Gasteiger partial charge in [-0.25, -0.2) is 0 Å². The van der Waals surface area contributed by atoms with E-state index in [1.165, 1.54) is 186 Å². The average Bonchev–Trinajstić information content (AvgIpc) is 3.49. The molecule has 0 aromatic heterocycles. The molecule has 0 aromatic rings. The van der Waals surface area contributed by atoms with Crippen molar-refractivity contribution in [2.75, 3.05) is 13.2 Å². The van der Waals surface area contributed by atoms with Crippen molar-refractivity contribution >= 4 is 17.9 Å². The number of hydrogen-bond acceptors (Lipinski definition) is 6. The van der Waals surface area contributed by atoms with Crippen LogP contribution in [-0.2, 0) is 28.6 Å². The SMILES string of the molecule is CC/C=C\C/C=C\C/C=C\C/C=C\CCCCCCC(=O)OCC(COC(=O)CCCCCCCCCCCC/C=C\C/C=C\C/C=C\CCCCCCC)OC(=O)CCCCCCCCCCCCC/C=C\C/C=C\CCCCCCC. The third kappa shape index (κ3) is 68.7. The van der Waals surface area contributed by atoms with Gasteiger partial charge in [0, 0.05) is 19.3 Å². The van der Waals surface area contributed by atoms with Crippen molar-refractivity contribution in [2.45, 2.75) is 348 Å². The molecule has 0 bridgehead atoms. The molecule has 0 amide bonds. The Morgan fingerprint density at radius 3 is 0.735 bits per heavy atom. The molecule has 6 heteroatoms. The Kier molecular flexibility index (Phi) is 67.2. The fraction of sp³-hybridized carbons (Fsp3) is 0.727. The normalized spacial score (nSPS) is 12.8. The number of carbonyl (C=O) groups excluding carboxylic acids is 3. The van der Waals surface area contributed by atoms with Crippen LogP contribution in [0.15, 0.2) is 109 Å². The molecule has 0 radical (unpaired) electrons. The lowest BCUT2D eigenvalue weighted by Gasteiger charge is -2.18. The molecule has 0 N–H and O–H groups in total. The number of allylic oxidation sites excluding steroid dienone is 18. The molecule has 0 fully saturated rings. The van der Waals surface area contributed by atoms with E-state index in [0.717, 1.165) is 116 Å². The third-order valence-electron chi connectivity index (χ3n) is 15.2. The highest BCUT2D eigenvalue weighted by Crippen LogP contribution is 2.17. The Balaban J connectivity index is 4.39. The van der Waals surface area contributed by atoms with Crippen molar-refractivity contribution in [2.24, 2.45) is 0 Å². The van der Waals surface area contributed by atoms with Gasteiger partial charge < -0.3 is 14.2 Å². The first-order valence-corrected chi connectivity index (χ1v) is 35.4. The highest BCUT2D eigenvalue weighted by molar-refractivity contribution is 5.71. The van der Waals surface area contributed by atoms with Gasteiger partial charge in [0.1, 0.15) is 13.2 Å². The summed E-state index contributed by atoms with van der Waals surface area (Å²) >= 11 is 0. The molecule has 0 aliphatic rings. The van der Waals surface area contributed by atoms with E-state index in [1.54, 1.807) is 0 Å². The quantitative estimate of drug-likeness (QED) is 0.0261. The van der Waals surface area contributed by atoms with Gasteiger partial charge in [-0.1, -0.05) is 304 Å². The minimum atomic E-state index is -0.795. The molecule has 0 saturated heterocycles. The van der Waals surface area contributed by atoms with Crippen LogP contribution in [0.5, 0.6) is 0 Å². The van der Waals surface area contributed by atoms with Crippen molar-refractivity contribution in [1.29, 1.82) is 0 Å². The number of esters is 3. The molecule has 1 atom stereocenters. The number of ether oxygens (including phenoxy) is 3. The Labute approximate surface area is 514 Å². The molecular formula is C77H132O6. The summed E-state index contributed by atoms with van der Waals surface area (Å²) in [6.45, 7) is 6.52. The maximum absolute atomic E-state index is 13.0. The van der Waals surface area contributed by atoms with Gasteiger partial charge >= 0.3 is 17.9 Å². The van der Waals surface area contributed by atoms with Crippen LogP contribution >= 0.6 is 0 Å². The van der Waals surface area contributed by atoms with Crippen molar-refractivity contribution in [1.82, 2.24) is 0 Å². The Bertz CT molecular complexity index is 1660. The summed E-state index contributed by atoms with van der Waals surface area (Å²) in [5.41, 5.74) is 0. The molecule has 6 nitrogen and oxygen atoms in total.